The molecule has 0 radical (unpaired) electrons. The molecule has 0 saturated heterocycles. The van der Waals surface area contributed by atoms with Gasteiger partial charge < -0.3 is 10.6 Å². The number of carbonyl (C=O) groups is 1. The molecule has 10 nitrogen and oxygen atoms in total. The molecule has 2 atom stereocenters. The number of benzene rings is 1. The molecule has 10 heteroatoms. The molecule has 2 unspecified atom stereocenters. The second-order valence-corrected chi connectivity index (χ2v) is 11.2. The zero-order valence-electron chi connectivity index (χ0n) is 23.1. The van der Waals surface area contributed by atoms with Crippen LogP contribution in [-0.2, 0) is 11.3 Å². The number of H-pyrrole nitrogens is 1. The predicted octanol–water partition coefficient (Wildman–Crippen LogP) is 2.67. The van der Waals surface area contributed by atoms with Gasteiger partial charge in [0.2, 0.25) is 11.6 Å². The Morgan fingerprint density at radius 1 is 1.05 bits per heavy atom. The molecule has 0 bridgehead atoms. The van der Waals surface area contributed by atoms with Crippen LogP contribution in [-0.4, -0.2) is 43.7 Å². The van der Waals surface area contributed by atoms with Crippen molar-refractivity contribution in [3.8, 4) is 22.4 Å². The van der Waals surface area contributed by atoms with Gasteiger partial charge in [-0.05, 0) is 63.6 Å². The number of pyridine rings is 1. The molecule has 6 rings (SSSR count). The first-order valence-electron chi connectivity index (χ1n) is 14.3. The number of carbonyl (C=O) groups excluding carboxylic acids is 1. The van der Waals surface area contributed by atoms with Crippen LogP contribution in [0, 0.1) is 19.8 Å². The molecule has 3 aromatic heterocycles. The highest BCUT2D eigenvalue weighted by molar-refractivity contribution is 5.88. The van der Waals surface area contributed by atoms with Crippen molar-refractivity contribution in [1.82, 2.24) is 29.8 Å². The van der Waals surface area contributed by atoms with Crippen molar-refractivity contribution >= 4 is 17.5 Å². The standard InChI is InChI=1S/C30H36N8O2/c1-18-15-22(16-19(2)33-18)25-26(20-7-4-3-5-8-20)35-29(31)38-27(25)36-37(30(38)40)14-13-32-24-10-6-9-21(17-24)28(39)34-23-11-12-23/h3-5,7-8,15-16,21,23-24,32H,6,9-14,17H2,1-2H3,(H2,31,35)(H,34,39)/p+1. The molecule has 0 spiro atoms. The number of nitrogens with one attached hydrogen (secondary N) is 3. The second kappa shape index (κ2) is 10.8. The Morgan fingerprint density at radius 3 is 2.52 bits per heavy atom. The van der Waals surface area contributed by atoms with E-state index in [1.54, 1.807) is 0 Å². The zero-order valence-corrected chi connectivity index (χ0v) is 23.1. The summed E-state index contributed by atoms with van der Waals surface area (Å²) in [7, 11) is 0. The van der Waals surface area contributed by atoms with Gasteiger partial charge in [0.1, 0.15) is 5.69 Å². The van der Waals surface area contributed by atoms with Crippen molar-refractivity contribution in [3.63, 3.8) is 0 Å². The third kappa shape index (κ3) is 5.36. The average Bonchev–Trinajstić information content (AvgIpc) is 3.69. The lowest BCUT2D eigenvalue weighted by Gasteiger charge is -2.29. The Hall–Kier alpha value is -4.05. The zero-order chi connectivity index (χ0) is 27.8. The van der Waals surface area contributed by atoms with E-state index in [4.69, 9.17) is 10.8 Å². The Kier molecular flexibility index (Phi) is 7.10. The van der Waals surface area contributed by atoms with Crippen molar-refractivity contribution in [1.29, 1.82) is 0 Å². The minimum Gasteiger partial charge on any atom is -0.353 e. The average molecular weight is 542 g/mol. The van der Waals surface area contributed by atoms with Gasteiger partial charge in [-0.1, -0.05) is 36.8 Å². The van der Waals surface area contributed by atoms with E-state index in [1.807, 2.05) is 56.3 Å². The number of nitrogen functional groups attached to an aromatic ring is 1. The van der Waals surface area contributed by atoms with E-state index in [1.165, 1.54) is 9.08 Å². The molecule has 4 aromatic rings. The van der Waals surface area contributed by atoms with E-state index in [2.05, 4.69) is 20.6 Å². The number of aromatic amines is 1. The van der Waals surface area contributed by atoms with Crippen LogP contribution in [0.1, 0.15) is 49.9 Å². The molecule has 2 fully saturated rings. The fourth-order valence-electron chi connectivity index (χ4n) is 5.90. The highest BCUT2D eigenvalue weighted by atomic mass is 16.2. The summed E-state index contributed by atoms with van der Waals surface area (Å²) in [6, 6.07) is 14.6. The van der Waals surface area contributed by atoms with Crippen molar-refractivity contribution in [2.45, 2.75) is 71.0 Å². The largest absolute Gasteiger partial charge is 0.411 e. The minimum atomic E-state index is -0.292. The summed E-state index contributed by atoms with van der Waals surface area (Å²) in [6.45, 7) is 4.88. The van der Waals surface area contributed by atoms with Crippen LogP contribution in [0.2, 0.25) is 0 Å². The number of aromatic nitrogens is 5. The van der Waals surface area contributed by atoms with Crippen LogP contribution in [0.4, 0.5) is 5.95 Å². The molecule has 208 valence electrons. The van der Waals surface area contributed by atoms with Crippen molar-refractivity contribution in [2.75, 3.05) is 12.3 Å². The van der Waals surface area contributed by atoms with Gasteiger partial charge >= 0.3 is 11.6 Å². The third-order valence-electron chi connectivity index (χ3n) is 7.96. The fourth-order valence-corrected chi connectivity index (χ4v) is 5.90. The maximum Gasteiger partial charge on any atom is 0.411 e. The first kappa shape index (κ1) is 26.2. The maximum atomic E-state index is 13.5. The highest BCUT2D eigenvalue weighted by Gasteiger charge is 2.31. The number of nitrogens with two attached hydrogens (primary N) is 1. The molecule has 2 saturated carbocycles. The molecule has 1 aromatic carbocycles. The van der Waals surface area contributed by atoms with Crippen LogP contribution in [0.25, 0.3) is 28.0 Å². The van der Waals surface area contributed by atoms with Gasteiger partial charge in [0, 0.05) is 41.5 Å². The quantitative estimate of drug-likeness (QED) is 0.314. The lowest BCUT2D eigenvalue weighted by molar-refractivity contribution is -0.351. The molecule has 1 amide bonds. The molecular formula is C30H37N8O2+. The second-order valence-electron chi connectivity index (χ2n) is 11.2. The molecule has 2 aliphatic carbocycles. The van der Waals surface area contributed by atoms with E-state index < -0.39 is 0 Å². The van der Waals surface area contributed by atoms with Gasteiger partial charge in [0.15, 0.2) is 0 Å². The molecule has 3 heterocycles. The summed E-state index contributed by atoms with van der Waals surface area (Å²) in [5.41, 5.74) is 11.9. The minimum absolute atomic E-state index is 0.0614. The third-order valence-corrected chi connectivity index (χ3v) is 7.96. The normalized spacial score (nSPS) is 19.1. The Morgan fingerprint density at radius 2 is 1.80 bits per heavy atom. The molecule has 2 aliphatic rings. The Labute approximate surface area is 233 Å². The number of rotatable bonds is 8. The summed E-state index contributed by atoms with van der Waals surface area (Å²) >= 11 is 0. The summed E-state index contributed by atoms with van der Waals surface area (Å²) in [5.74, 6) is 0.480. The highest BCUT2D eigenvalue weighted by Crippen LogP contribution is 2.33. The topological polar surface area (TPSA) is 133 Å². The lowest BCUT2D eigenvalue weighted by Crippen LogP contribution is -2.42. The van der Waals surface area contributed by atoms with Gasteiger partial charge in [-0.2, -0.15) is 4.68 Å². The summed E-state index contributed by atoms with van der Waals surface area (Å²) in [4.78, 5) is 33.9. The van der Waals surface area contributed by atoms with E-state index in [-0.39, 0.29) is 29.5 Å². The van der Waals surface area contributed by atoms with Gasteiger partial charge in [-0.3, -0.25) is 15.5 Å². The van der Waals surface area contributed by atoms with Crippen LogP contribution < -0.4 is 27.0 Å². The predicted molar refractivity (Wildman–Crippen MR) is 153 cm³/mol. The van der Waals surface area contributed by atoms with Crippen LogP contribution >= 0.6 is 0 Å². The van der Waals surface area contributed by atoms with E-state index in [0.717, 1.165) is 72.3 Å². The lowest BCUT2D eigenvalue weighted by atomic mass is 9.85. The number of amides is 1. The smallest absolute Gasteiger partial charge is 0.353 e. The van der Waals surface area contributed by atoms with Crippen molar-refractivity contribution in [2.24, 2.45) is 5.92 Å². The van der Waals surface area contributed by atoms with E-state index in [0.29, 0.717) is 24.8 Å². The number of fused-ring (bicyclic) bond motifs is 1. The molecule has 40 heavy (non-hydrogen) atoms. The van der Waals surface area contributed by atoms with Crippen LogP contribution in [0.15, 0.2) is 47.3 Å². The number of anilines is 1. The SMILES string of the molecule is Cc1cc(-c2c(-c3ccccc3)[nH+]c(N)n3c(=O)n(CCNC4CCCC(C(=O)NC5CC5)C4)nc23)cc(C)n1. The summed E-state index contributed by atoms with van der Waals surface area (Å²) in [6.07, 6.45) is 6.03. The molecule has 0 aliphatic heterocycles. The monoisotopic (exact) mass is 541 g/mol. The number of nitrogens with zero attached hydrogens (tertiary/aromatic N) is 4. The summed E-state index contributed by atoms with van der Waals surface area (Å²) < 4.78 is 2.93. The van der Waals surface area contributed by atoms with E-state index in [9.17, 15) is 9.59 Å². The Balaban J connectivity index is 1.29. The fraction of sp³-hybridized carbons (Fsp3) is 0.433. The maximum absolute atomic E-state index is 13.5. The van der Waals surface area contributed by atoms with E-state index >= 15 is 0 Å². The van der Waals surface area contributed by atoms with Crippen LogP contribution in [0.3, 0.4) is 0 Å². The first-order chi connectivity index (χ1) is 19.4. The van der Waals surface area contributed by atoms with Crippen LogP contribution in [0.5, 0.6) is 0 Å². The van der Waals surface area contributed by atoms with Crippen molar-refractivity contribution in [3.05, 3.63) is 64.3 Å². The van der Waals surface area contributed by atoms with Gasteiger partial charge in [-0.15, -0.1) is 9.50 Å². The number of aryl methyl sites for hydroxylation is 2. The van der Waals surface area contributed by atoms with Gasteiger partial charge in [0.05, 0.1) is 12.1 Å². The first-order valence-corrected chi connectivity index (χ1v) is 14.3. The molecule has 5 N–H and O–H groups in total. The van der Waals surface area contributed by atoms with Crippen molar-refractivity contribution < 1.29 is 9.78 Å². The molecular weight excluding hydrogens is 504 g/mol. The number of hydrogen-bond donors (Lipinski definition) is 3. The number of hydrogen-bond acceptors (Lipinski definition) is 6. The van der Waals surface area contributed by atoms with Gasteiger partial charge in [0.25, 0.3) is 0 Å². The summed E-state index contributed by atoms with van der Waals surface area (Å²) in [5, 5.41) is 11.5. The Bertz CT molecular complexity index is 1590. The van der Waals surface area contributed by atoms with Gasteiger partial charge in [-0.25, -0.2) is 9.78 Å².